The Bertz CT molecular complexity index is 1280. The summed E-state index contributed by atoms with van der Waals surface area (Å²) in [5, 5.41) is 19.0. The average Bonchev–Trinajstić information content (AvgIpc) is 3.40. The van der Waals surface area contributed by atoms with Crippen LogP contribution in [0.3, 0.4) is 0 Å². The zero-order valence-electron chi connectivity index (χ0n) is 15.2. The van der Waals surface area contributed by atoms with Gasteiger partial charge in [-0.15, -0.1) is 26.6 Å². The molecule has 0 aliphatic rings. The summed E-state index contributed by atoms with van der Waals surface area (Å²) in [5.74, 6) is 0.629. The van der Waals surface area contributed by atoms with Gasteiger partial charge >= 0.3 is 0 Å². The van der Waals surface area contributed by atoms with Crippen molar-refractivity contribution >= 4 is 22.8 Å². The van der Waals surface area contributed by atoms with Gasteiger partial charge in [-0.1, -0.05) is 42.5 Å². The molecular weight excluding hydrogens is 387 g/mol. The maximum Gasteiger partial charge on any atom is 0.188 e. The summed E-state index contributed by atoms with van der Waals surface area (Å²) in [7, 11) is 0. The lowest BCUT2D eigenvalue weighted by Crippen LogP contribution is -2.05. The van der Waals surface area contributed by atoms with Crippen LogP contribution in [-0.4, -0.2) is 24.8 Å². The predicted molar refractivity (Wildman–Crippen MR) is 111 cm³/mol. The van der Waals surface area contributed by atoms with Crippen LogP contribution >= 0.6 is 11.3 Å². The lowest BCUT2D eigenvalue weighted by atomic mass is 10.2. The van der Waals surface area contributed by atoms with Gasteiger partial charge in [-0.3, -0.25) is 0 Å². The second-order valence-corrected chi connectivity index (χ2v) is 7.21. The number of halogens is 1. The smallest absolute Gasteiger partial charge is 0.188 e. The second-order valence-electron chi connectivity index (χ2n) is 6.36. The van der Waals surface area contributed by atoms with Crippen molar-refractivity contribution in [3.05, 3.63) is 83.6 Å². The predicted octanol–water partition coefficient (Wildman–Crippen LogP) is 4.67. The van der Waals surface area contributed by atoms with E-state index >= 15 is 0 Å². The van der Waals surface area contributed by atoms with Crippen LogP contribution in [0.15, 0.2) is 72.1 Å². The molecule has 5 aromatic rings. The molecule has 0 aliphatic heterocycles. The monoisotopic (exact) mass is 402 g/mol. The standard InChI is InChI=1S/C21H15FN6S/c22-17-9-5-4-8-16(17)20-26-25-19-11-10-18(27-28(19)20)23-12-15-13-29-21(24-15)14-6-2-1-3-7-14/h1-11,13H,12H2,(H,23,27). The molecule has 29 heavy (non-hydrogen) atoms. The molecule has 142 valence electrons. The van der Waals surface area contributed by atoms with Crippen LogP contribution in [0, 0.1) is 5.82 Å². The number of benzene rings is 2. The van der Waals surface area contributed by atoms with Crippen LogP contribution in [0.2, 0.25) is 0 Å². The molecule has 8 heteroatoms. The van der Waals surface area contributed by atoms with Gasteiger partial charge in [0, 0.05) is 10.9 Å². The number of nitrogens with zero attached hydrogens (tertiary/aromatic N) is 5. The highest BCUT2D eigenvalue weighted by atomic mass is 32.1. The molecule has 3 heterocycles. The van der Waals surface area contributed by atoms with Gasteiger partial charge in [0.15, 0.2) is 11.5 Å². The summed E-state index contributed by atoms with van der Waals surface area (Å²) in [6.45, 7) is 0.527. The molecule has 0 radical (unpaired) electrons. The van der Waals surface area contributed by atoms with Gasteiger partial charge < -0.3 is 5.32 Å². The maximum atomic E-state index is 14.2. The fourth-order valence-electron chi connectivity index (χ4n) is 2.98. The average molecular weight is 402 g/mol. The molecule has 1 N–H and O–H groups in total. The van der Waals surface area contributed by atoms with Crippen LogP contribution in [0.5, 0.6) is 0 Å². The van der Waals surface area contributed by atoms with Gasteiger partial charge in [-0.25, -0.2) is 9.37 Å². The lowest BCUT2D eigenvalue weighted by molar-refractivity contribution is 0.629. The number of nitrogens with one attached hydrogen (secondary N) is 1. The van der Waals surface area contributed by atoms with E-state index in [1.807, 2.05) is 41.8 Å². The number of aromatic nitrogens is 5. The van der Waals surface area contributed by atoms with E-state index in [0.29, 0.717) is 29.4 Å². The molecule has 0 saturated heterocycles. The fourth-order valence-corrected chi connectivity index (χ4v) is 3.80. The first-order valence-electron chi connectivity index (χ1n) is 8.99. The lowest BCUT2D eigenvalue weighted by Gasteiger charge is -2.05. The van der Waals surface area contributed by atoms with E-state index in [0.717, 1.165) is 16.3 Å². The first kappa shape index (κ1) is 17.4. The molecule has 3 aromatic heterocycles. The molecule has 2 aromatic carbocycles. The van der Waals surface area contributed by atoms with E-state index in [9.17, 15) is 4.39 Å². The summed E-state index contributed by atoms with van der Waals surface area (Å²) >= 11 is 1.60. The van der Waals surface area contributed by atoms with Crippen molar-refractivity contribution in [1.29, 1.82) is 0 Å². The van der Waals surface area contributed by atoms with Gasteiger partial charge in [-0.2, -0.15) is 4.52 Å². The third-order valence-corrected chi connectivity index (χ3v) is 5.34. The van der Waals surface area contributed by atoms with Crippen molar-refractivity contribution < 1.29 is 4.39 Å². The number of thiazole rings is 1. The molecule has 6 nitrogen and oxygen atoms in total. The van der Waals surface area contributed by atoms with E-state index in [2.05, 4.69) is 25.6 Å². The number of anilines is 1. The van der Waals surface area contributed by atoms with Crippen molar-refractivity contribution in [3.63, 3.8) is 0 Å². The zero-order valence-corrected chi connectivity index (χ0v) is 16.0. The first-order chi connectivity index (χ1) is 14.3. The number of hydrogen-bond acceptors (Lipinski definition) is 6. The second kappa shape index (κ2) is 7.40. The quantitative estimate of drug-likeness (QED) is 0.463. The molecule has 5 rings (SSSR count). The first-order valence-corrected chi connectivity index (χ1v) is 9.87. The minimum Gasteiger partial charge on any atom is -0.363 e. The summed E-state index contributed by atoms with van der Waals surface area (Å²) < 4.78 is 15.7. The maximum absolute atomic E-state index is 14.2. The van der Waals surface area contributed by atoms with Crippen molar-refractivity contribution in [2.75, 3.05) is 5.32 Å². The zero-order chi connectivity index (χ0) is 19.6. The van der Waals surface area contributed by atoms with E-state index in [1.54, 1.807) is 35.6 Å². The SMILES string of the molecule is Fc1ccccc1-c1nnc2ccc(NCc3csc(-c4ccccc4)n3)nn12. The van der Waals surface area contributed by atoms with Crippen LogP contribution in [0.25, 0.3) is 27.6 Å². The Balaban J connectivity index is 1.38. The molecule has 0 spiro atoms. The van der Waals surface area contributed by atoms with Gasteiger partial charge in [-0.05, 0) is 24.3 Å². The molecule has 0 saturated carbocycles. The number of hydrogen-bond donors (Lipinski definition) is 1. The van der Waals surface area contributed by atoms with Crippen molar-refractivity contribution in [2.45, 2.75) is 6.54 Å². The Hall–Kier alpha value is -3.65. The normalized spacial score (nSPS) is 11.1. The van der Waals surface area contributed by atoms with E-state index in [4.69, 9.17) is 0 Å². The summed E-state index contributed by atoms with van der Waals surface area (Å²) in [6, 6.07) is 20.1. The molecule has 0 fully saturated rings. The molecule has 0 atom stereocenters. The topological polar surface area (TPSA) is 68.0 Å². The Kier molecular flexibility index (Phi) is 4.45. The third-order valence-electron chi connectivity index (χ3n) is 4.40. The molecular formula is C21H15FN6S. The molecule has 0 bridgehead atoms. The van der Waals surface area contributed by atoms with E-state index in [-0.39, 0.29) is 5.82 Å². The Morgan fingerprint density at radius 2 is 1.76 bits per heavy atom. The van der Waals surface area contributed by atoms with Crippen LogP contribution in [0.4, 0.5) is 10.2 Å². The van der Waals surface area contributed by atoms with E-state index in [1.165, 1.54) is 10.6 Å². The minimum absolute atomic E-state index is 0.358. The molecule has 0 unspecified atom stereocenters. The highest BCUT2D eigenvalue weighted by Crippen LogP contribution is 2.24. The van der Waals surface area contributed by atoms with Crippen LogP contribution in [-0.2, 0) is 6.54 Å². The molecule has 0 aliphatic carbocycles. The number of fused-ring (bicyclic) bond motifs is 1. The van der Waals surface area contributed by atoms with Crippen molar-refractivity contribution in [3.8, 4) is 22.0 Å². The van der Waals surface area contributed by atoms with Crippen LogP contribution < -0.4 is 5.32 Å². The van der Waals surface area contributed by atoms with Crippen molar-refractivity contribution in [2.24, 2.45) is 0 Å². The Labute approximate surface area is 169 Å². The van der Waals surface area contributed by atoms with Crippen LogP contribution in [0.1, 0.15) is 5.69 Å². The highest BCUT2D eigenvalue weighted by molar-refractivity contribution is 7.13. The minimum atomic E-state index is -0.363. The summed E-state index contributed by atoms with van der Waals surface area (Å²) in [6.07, 6.45) is 0. The Morgan fingerprint density at radius 3 is 2.62 bits per heavy atom. The largest absolute Gasteiger partial charge is 0.363 e. The fraction of sp³-hybridized carbons (Fsp3) is 0.0476. The Morgan fingerprint density at radius 1 is 0.931 bits per heavy atom. The van der Waals surface area contributed by atoms with Gasteiger partial charge in [0.1, 0.15) is 16.6 Å². The third kappa shape index (κ3) is 3.45. The summed E-state index contributed by atoms with van der Waals surface area (Å²) in [5.41, 5.74) is 2.93. The van der Waals surface area contributed by atoms with E-state index < -0.39 is 0 Å². The molecule has 0 amide bonds. The summed E-state index contributed by atoms with van der Waals surface area (Å²) in [4.78, 5) is 4.67. The number of rotatable bonds is 5. The van der Waals surface area contributed by atoms with Gasteiger partial charge in [0.2, 0.25) is 0 Å². The van der Waals surface area contributed by atoms with Crippen molar-refractivity contribution in [1.82, 2.24) is 24.8 Å². The highest BCUT2D eigenvalue weighted by Gasteiger charge is 2.13. The van der Waals surface area contributed by atoms with Gasteiger partial charge in [0.25, 0.3) is 0 Å². The van der Waals surface area contributed by atoms with Gasteiger partial charge in [0.05, 0.1) is 17.8 Å².